The number of aromatic hydroxyl groups is 1. The topological polar surface area (TPSA) is 107 Å². The van der Waals surface area contributed by atoms with E-state index < -0.39 is 8.32 Å². The number of aromatic nitrogens is 1. The van der Waals surface area contributed by atoms with E-state index in [1.807, 2.05) is 11.0 Å². The van der Waals surface area contributed by atoms with Gasteiger partial charge in [-0.3, -0.25) is 14.5 Å². The van der Waals surface area contributed by atoms with Gasteiger partial charge in [0.1, 0.15) is 5.75 Å². The van der Waals surface area contributed by atoms with Crippen LogP contribution in [0.3, 0.4) is 0 Å². The second kappa shape index (κ2) is 17.0. The number of H-pyrrole nitrogens is 1. The van der Waals surface area contributed by atoms with Gasteiger partial charge in [0.25, 0.3) is 0 Å². The Morgan fingerprint density at radius 1 is 1.00 bits per heavy atom. The Bertz CT molecular complexity index is 1690. The van der Waals surface area contributed by atoms with Gasteiger partial charge in [0, 0.05) is 57.3 Å². The molecular formula is C42H62N4O5Si. The molecule has 3 N–H and O–H groups in total. The number of hydrogen-bond donors (Lipinski definition) is 3. The first-order valence-electron chi connectivity index (χ1n) is 19.8. The number of amides is 1. The fraction of sp³-hybridized carbons (Fsp3) is 0.619. The summed E-state index contributed by atoms with van der Waals surface area (Å²) in [5.41, 5.74) is 3.75. The minimum atomic E-state index is -2.19. The number of rotatable bonds is 18. The van der Waals surface area contributed by atoms with Crippen molar-refractivity contribution in [3.05, 3.63) is 75.6 Å². The number of carbonyl (C=O) groups excluding carboxylic acids is 1. The number of benzene rings is 2. The van der Waals surface area contributed by atoms with E-state index in [4.69, 9.17) is 9.16 Å². The van der Waals surface area contributed by atoms with Gasteiger partial charge in [-0.15, -0.1) is 0 Å². The molecule has 284 valence electrons. The lowest BCUT2D eigenvalue weighted by molar-refractivity contribution is -0.132. The van der Waals surface area contributed by atoms with Gasteiger partial charge in [-0.1, -0.05) is 57.5 Å². The molecule has 10 heteroatoms. The van der Waals surface area contributed by atoms with Crippen LogP contribution in [0.5, 0.6) is 5.75 Å². The average molecular weight is 731 g/mol. The van der Waals surface area contributed by atoms with Crippen molar-refractivity contribution < 1.29 is 19.1 Å². The number of fused-ring (bicyclic) bond motifs is 2. The van der Waals surface area contributed by atoms with E-state index >= 15 is 0 Å². The van der Waals surface area contributed by atoms with Crippen molar-refractivity contribution in [2.45, 2.75) is 96.5 Å². The molecule has 3 atom stereocenters. The van der Waals surface area contributed by atoms with Crippen LogP contribution in [-0.2, 0) is 26.9 Å². The smallest absolute Gasteiger partial charge is 0.248 e. The van der Waals surface area contributed by atoms with Crippen LogP contribution in [0.1, 0.15) is 82.1 Å². The monoisotopic (exact) mass is 730 g/mol. The van der Waals surface area contributed by atoms with Crippen LogP contribution in [0, 0.1) is 17.8 Å². The van der Waals surface area contributed by atoms with E-state index in [0.717, 1.165) is 42.3 Å². The zero-order chi connectivity index (χ0) is 36.9. The van der Waals surface area contributed by atoms with E-state index in [9.17, 15) is 14.7 Å². The molecule has 3 aliphatic rings. The number of pyridine rings is 1. The Morgan fingerprint density at radius 2 is 1.71 bits per heavy atom. The largest absolute Gasteiger partial charge is 0.506 e. The van der Waals surface area contributed by atoms with Crippen molar-refractivity contribution in [3.8, 4) is 5.75 Å². The number of phenolic OH excluding ortho intramolecular Hbond substituents is 1. The van der Waals surface area contributed by atoms with Gasteiger partial charge < -0.3 is 29.5 Å². The molecule has 1 aliphatic heterocycles. The first-order valence-corrected chi connectivity index (χ1v) is 22.7. The molecule has 1 unspecified atom stereocenters. The van der Waals surface area contributed by atoms with E-state index in [-0.39, 0.29) is 28.4 Å². The predicted molar refractivity (Wildman–Crippen MR) is 211 cm³/mol. The third kappa shape index (κ3) is 10.1. The van der Waals surface area contributed by atoms with Crippen molar-refractivity contribution >= 4 is 25.1 Å². The van der Waals surface area contributed by atoms with Crippen molar-refractivity contribution in [1.82, 2.24) is 20.1 Å². The highest BCUT2D eigenvalue weighted by molar-refractivity contribution is 6.74. The Balaban J connectivity index is 0.965. The van der Waals surface area contributed by atoms with Crippen molar-refractivity contribution in [2.75, 3.05) is 52.5 Å². The van der Waals surface area contributed by atoms with Gasteiger partial charge >= 0.3 is 0 Å². The van der Waals surface area contributed by atoms with Gasteiger partial charge in [0.05, 0.1) is 31.3 Å². The molecule has 2 heterocycles. The second-order valence-corrected chi connectivity index (χ2v) is 22.0. The maximum absolute atomic E-state index is 13.4. The molecule has 0 bridgehead atoms. The van der Waals surface area contributed by atoms with Crippen molar-refractivity contribution in [2.24, 2.45) is 17.8 Å². The third-order valence-electron chi connectivity index (χ3n) is 12.1. The van der Waals surface area contributed by atoms with Crippen LogP contribution in [-0.4, -0.2) is 86.6 Å². The Kier molecular flexibility index (Phi) is 12.6. The molecule has 2 aromatic carbocycles. The zero-order valence-corrected chi connectivity index (χ0v) is 33.2. The summed E-state index contributed by atoms with van der Waals surface area (Å²) >= 11 is 0. The summed E-state index contributed by atoms with van der Waals surface area (Å²) in [5.74, 6) is 2.64. The summed E-state index contributed by atoms with van der Waals surface area (Å²) in [6.07, 6.45) is 7.57. The highest BCUT2D eigenvalue weighted by atomic mass is 28.4. The summed E-state index contributed by atoms with van der Waals surface area (Å²) in [5, 5.41) is 14.9. The summed E-state index contributed by atoms with van der Waals surface area (Å²) in [7, 11) is -2.19. The lowest BCUT2D eigenvalue weighted by Crippen LogP contribution is -2.44. The van der Waals surface area contributed by atoms with Crippen molar-refractivity contribution in [3.63, 3.8) is 0 Å². The minimum absolute atomic E-state index is 0.00111. The zero-order valence-electron chi connectivity index (χ0n) is 32.2. The minimum Gasteiger partial charge on any atom is -0.506 e. The molecule has 1 amide bonds. The number of hydrogen-bond acceptors (Lipinski definition) is 7. The second-order valence-electron chi connectivity index (χ2n) is 17.2. The normalized spacial score (nSPS) is 20.0. The molecule has 2 saturated carbocycles. The summed E-state index contributed by atoms with van der Waals surface area (Å²) in [4.78, 5) is 32.9. The maximum Gasteiger partial charge on any atom is 0.248 e. The molecule has 3 aromatic rings. The van der Waals surface area contributed by atoms with Crippen LogP contribution in [0.25, 0.3) is 10.9 Å². The molecule has 0 radical (unpaired) electrons. The van der Waals surface area contributed by atoms with Gasteiger partial charge in [-0.2, -0.15) is 0 Å². The molecule has 0 spiro atoms. The molecule has 3 fully saturated rings. The predicted octanol–water partition coefficient (Wildman–Crippen LogP) is 7.01. The number of nitrogens with one attached hydrogen (secondary N) is 2. The van der Waals surface area contributed by atoms with Crippen LogP contribution in [0.15, 0.2) is 53.3 Å². The van der Waals surface area contributed by atoms with Gasteiger partial charge in [0.2, 0.25) is 11.5 Å². The van der Waals surface area contributed by atoms with Gasteiger partial charge in [-0.25, -0.2) is 0 Å². The van der Waals surface area contributed by atoms with E-state index in [0.29, 0.717) is 50.7 Å². The molecule has 6 rings (SSSR count). The lowest BCUT2D eigenvalue weighted by atomic mass is 10.0. The quantitative estimate of drug-likeness (QED) is 0.0956. The molecule has 52 heavy (non-hydrogen) atoms. The lowest BCUT2D eigenvalue weighted by Gasteiger charge is -2.39. The van der Waals surface area contributed by atoms with E-state index in [2.05, 4.69) is 73.3 Å². The number of aromatic amines is 1. The number of phenols is 1. The standard InChI is InChI=1S/C42H62N4O5Si/c1-42(2,3)52(4,5)51-38(35-15-17-37(47)41-36(35)16-18-39(48)44-41)25-43-21-22-46(27-32-13-14-32)40(49)20-24-50-23-19-30-9-11-31(12-10-30)26-45-28-33-7-6-8-34(33)29-45/h9-12,15-18,32-34,38,43,47H,6-8,13-14,19-29H2,1-5H3,(H,44,48)/t33-,34?,38-/m0/s1. The molecule has 1 saturated heterocycles. The molecule has 1 aromatic heterocycles. The number of ether oxygens (including phenoxy) is 1. The third-order valence-corrected chi connectivity index (χ3v) is 16.6. The number of carbonyl (C=O) groups is 1. The van der Waals surface area contributed by atoms with Crippen LogP contribution in [0.2, 0.25) is 18.1 Å². The van der Waals surface area contributed by atoms with Crippen LogP contribution < -0.4 is 10.9 Å². The molecular weight excluding hydrogens is 669 g/mol. The maximum atomic E-state index is 13.4. The van der Waals surface area contributed by atoms with Crippen LogP contribution >= 0.6 is 0 Å². The Labute approximate surface area is 311 Å². The molecule has 9 nitrogen and oxygen atoms in total. The summed E-state index contributed by atoms with van der Waals surface area (Å²) in [6, 6.07) is 15.8. The van der Waals surface area contributed by atoms with Crippen molar-refractivity contribution in [1.29, 1.82) is 0 Å². The van der Waals surface area contributed by atoms with E-state index in [1.54, 1.807) is 12.1 Å². The molecule has 2 aliphatic carbocycles. The summed E-state index contributed by atoms with van der Waals surface area (Å²) in [6.45, 7) is 18.4. The Hall–Kier alpha value is -3.02. The number of likely N-dealkylation sites (tertiary alicyclic amines) is 1. The Morgan fingerprint density at radius 3 is 2.40 bits per heavy atom. The number of nitrogens with zero attached hydrogens (tertiary/aromatic N) is 2. The van der Waals surface area contributed by atoms with E-state index in [1.165, 1.54) is 62.4 Å². The highest BCUT2D eigenvalue weighted by Gasteiger charge is 2.40. The fourth-order valence-corrected chi connectivity index (χ4v) is 9.08. The SMILES string of the molecule is CC(C)(C)[Si](C)(C)O[C@@H](CNCCN(CC1CC1)C(=O)CCOCCc1ccc(CN2CC3CCC[C@H]3C2)cc1)c1ccc(O)c2[nH]c(=O)ccc12. The average Bonchev–Trinajstić information content (AvgIpc) is 3.68. The van der Waals surface area contributed by atoms with Gasteiger partial charge in [0.15, 0.2) is 8.32 Å². The first kappa shape index (κ1) is 38.7. The fourth-order valence-electron chi connectivity index (χ4n) is 7.80. The van der Waals surface area contributed by atoms with Crippen LogP contribution in [0.4, 0.5) is 0 Å². The summed E-state index contributed by atoms with van der Waals surface area (Å²) < 4.78 is 12.9. The first-order chi connectivity index (χ1) is 24.9. The van der Waals surface area contributed by atoms with Gasteiger partial charge in [-0.05, 0) is 96.8 Å². The highest BCUT2D eigenvalue weighted by Crippen LogP contribution is 2.41.